The van der Waals surface area contributed by atoms with E-state index >= 15 is 0 Å². The molecule has 8 nitrogen and oxygen atoms in total. The molecule has 2 aromatic carbocycles. The van der Waals surface area contributed by atoms with E-state index in [9.17, 15) is 26.8 Å². The summed E-state index contributed by atoms with van der Waals surface area (Å²) in [5, 5.41) is 2.89. The molecule has 2 amide bonds. The second kappa shape index (κ2) is 14.1. The third-order valence-corrected chi connectivity index (χ3v) is 7.12. The van der Waals surface area contributed by atoms with Gasteiger partial charge in [0, 0.05) is 32.1 Å². The first-order chi connectivity index (χ1) is 17.9. The molecule has 2 rings (SSSR count). The summed E-state index contributed by atoms with van der Waals surface area (Å²) in [6, 6.07) is 9.27. The minimum Gasteiger partial charge on any atom is -0.497 e. The second-order valence-electron chi connectivity index (χ2n) is 9.47. The normalized spacial score (nSPS) is 12.2. The summed E-state index contributed by atoms with van der Waals surface area (Å²) in [5.41, 5.74) is 0.766. The van der Waals surface area contributed by atoms with Crippen LogP contribution in [0.5, 0.6) is 5.75 Å². The number of amides is 2. The van der Waals surface area contributed by atoms with E-state index in [2.05, 4.69) is 5.32 Å². The number of sulfonamides is 1. The van der Waals surface area contributed by atoms with Crippen molar-refractivity contribution < 1.29 is 31.5 Å². The van der Waals surface area contributed by atoms with Gasteiger partial charge in [-0.3, -0.25) is 13.9 Å². The highest BCUT2D eigenvalue weighted by molar-refractivity contribution is 7.92. The van der Waals surface area contributed by atoms with Crippen LogP contribution in [0.15, 0.2) is 42.5 Å². The van der Waals surface area contributed by atoms with Crippen LogP contribution in [0.25, 0.3) is 0 Å². The molecule has 2 aromatic rings. The molecular weight excluding hydrogens is 516 g/mol. The van der Waals surface area contributed by atoms with Gasteiger partial charge in [0.25, 0.3) is 0 Å². The Hall–Kier alpha value is -3.21. The number of methoxy groups -OCH3 is 1. The predicted octanol–water partition coefficient (Wildman–Crippen LogP) is 4.10. The fourth-order valence-electron chi connectivity index (χ4n) is 3.91. The molecule has 0 aliphatic carbocycles. The van der Waals surface area contributed by atoms with Gasteiger partial charge in [0.2, 0.25) is 21.8 Å². The minimum atomic E-state index is -3.83. The number of halogens is 2. The lowest BCUT2D eigenvalue weighted by molar-refractivity contribution is -0.141. The van der Waals surface area contributed by atoms with Gasteiger partial charge in [-0.1, -0.05) is 32.9 Å². The number of carbonyl (C=O) groups excluding carboxylic acids is 2. The molecule has 11 heteroatoms. The highest BCUT2D eigenvalue weighted by Gasteiger charge is 2.29. The van der Waals surface area contributed by atoms with Crippen molar-refractivity contribution in [2.45, 2.75) is 52.6 Å². The van der Waals surface area contributed by atoms with Crippen LogP contribution in [0.2, 0.25) is 0 Å². The van der Waals surface area contributed by atoms with Crippen LogP contribution in [0.1, 0.15) is 45.6 Å². The summed E-state index contributed by atoms with van der Waals surface area (Å²) >= 11 is 0. The van der Waals surface area contributed by atoms with E-state index in [4.69, 9.17) is 4.74 Å². The molecule has 0 aliphatic heterocycles. The first-order valence-electron chi connectivity index (χ1n) is 12.5. The van der Waals surface area contributed by atoms with Gasteiger partial charge >= 0.3 is 0 Å². The third-order valence-electron chi connectivity index (χ3n) is 5.93. The lowest BCUT2D eigenvalue weighted by Gasteiger charge is -2.31. The average Bonchev–Trinajstić information content (AvgIpc) is 2.86. The molecule has 0 unspecified atom stereocenters. The number of rotatable bonds is 14. The van der Waals surface area contributed by atoms with Crippen LogP contribution < -0.4 is 14.4 Å². The molecule has 0 aromatic heterocycles. The molecule has 0 saturated heterocycles. The van der Waals surface area contributed by atoms with Crippen molar-refractivity contribution in [3.05, 3.63) is 59.7 Å². The van der Waals surface area contributed by atoms with Crippen LogP contribution in [-0.4, -0.2) is 57.6 Å². The van der Waals surface area contributed by atoms with Gasteiger partial charge < -0.3 is 15.0 Å². The van der Waals surface area contributed by atoms with Crippen molar-refractivity contribution in [2.24, 2.45) is 5.92 Å². The topological polar surface area (TPSA) is 96.0 Å². The zero-order valence-electron chi connectivity index (χ0n) is 22.5. The van der Waals surface area contributed by atoms with Crippen molar-refractivity contribution in [1.29, 1.82) is 0 Å². The Morgan fingerprint density at radius 3 is 2.24 bits per heavy atom. The smallest absolute Gasteiger partial charge is 0.242 e. The van der Waals surface area contributed by atoms with Crippen LogP contribution >= 0.6 is 0 Å². The number of nitrogens with one attached hydrogen (secondary N) is 1. The van der Waals surface area contributed by atoms with E-state index in [1.165, 1.54) is 11.0 Å². The molecule has 38 heavy (non-hydrogen) atoms. The number of ether oxygens (including phenoxy) is 1. The highest BCUT2D eigenvalue weighted by atomic mass is 32.2. The maximum absolute atomic E-state index is 13.8. The van der Waals surface area contributed by atoms with E-state index in [0.717, 1.165) is 28.3 Å². The molecule has 210 valence electrons. The summed E-state index contributed by atoms with van der Waals surface area (Å²) in [7, 11) is -2.27. The molecule has 0 bridgehead atoms. The van der Waals surface area contributed by atoms with Crippen LogP contribution in [-0.2, 0) is 26.2 Å². The van der Waals surface area contributed by atoms with Crippen LogP contribution in [0.3, 0.4) is 0 Å². The molecular formula is C27H37F2N3O5S. The molecule has 1 atom stereocenters. The predicted molar refractivity (Wildman–Crippen MR) is 143 cm³/mol. The average molecular weight is 554 g/mol. The zero-order valence-corrected chi connectivity index (χ0v) is 23.4. The quantitative estimate of drug-likeness (QED) is 0.380. The Kier molecular flexibility index (Phi) is 11.5. The van der Waals surface area contributed by atoms with E-state index in [-0.39, 0.29) is 49.4 Å². The lowest BCUT2D eigenvalue weighted by atomic mass is 10.1. The van der Waals surface area contributed by atoms with Crippen LogP contribution in [0.4, 0.5) is 14.5 Å². The Morgan fingerprint density at radius 2 is 1.71 bits per heavy atom. The largest absolute Gasteiger partial charge is 0.497 e. The summed E-state index contributed by atoms with van der Waals surface area (Å²) in [6.07, 6.45) is 1.39. The monoisotopic (exact) mass is 553 g/mol. The van der Waals surface area contributed by atoms with Crippen LogP contribution in [0, 0.1) is 17.6 Å². The van der Waals surface area contributed by atoms with Crippen molar-refractivity contribution in [1.82, 2.24) is 10.2 Å². The Bertz CT molecular complexity index is 1190. The Labute approximate surface area is 224 Å². The lowest BCUT2D eigenvalue weighted by Crippen LogP contribution is -2.49. The number of carbonyl (C=O) groups is 2. The van der Waals surface area contributed by atoms with Crippen molar-refractivity contribution >= 4 is 27.5 Å². The number of nitrogens with zero attached hydrogens (tertiary/aromatic N) is 2. The molecule has 0 radical (unpaired) electrons. The summed E-state index contributed by atoms with van der Waals surface area (Å²) in [5.74, 6) is -1.95. The van der Waals surface area contributed by atoms with Gasteiger partial charge in [-0.25, -0.2) is 17.2 Å². The van der Waals surface area contributed by atoms with Gasteiger partial charge in [0.15, 0.2) is 11.6 Å². The third kappa shape index (κ3) is 8.97. The highest BCUT2D eigenvalue weighted by Crippen LogP contribution is 2.22. The van der Waals surface area contributed by atoms with Gasteiger partial charge in [0.1, 0.15) is 11.8 Å². The molecule has 0 spiro atoms. The summed E-state index contributed by atoms with van der Waals surface area (Å²) in [6.45, 7) is 6.29. The van der Waals surface area contributed by atoms with Crippen molar-refractivity contribution in [3.63, 3.8) is 0 Å². The number of hydrogen-bond acceptors (Lipinski definition) is 5. The van der Waals surface area contributed by atoms with Crippen molar-refractivity contribution in [3.8, 4) is 5.75 Å². The van der Waals surface area contributed by atoms with Gasteiger partial charge in [-0.2, -0.15) is 0 Å². The fourth-order valence-corrected chi connectivity index (χ4v) is 4.87. The van der Waals surface area contributed by atoms with Gasteiger partial charge in [-0.15, -0.1) is 0 Å². The SMILES string of the molecule is CC[C@@H](C(=O)NCC(C)C)N(Cc1ccc(OC)cc1)C(=O)CCCN(c1ccc(F)c(F)c1)S(C)(=O)=O. The van der Waals surface area contributed by atoms with E-state index in [1.807, 2.05) is 32.9 Å². The standard InChI is InChI=1S/C27H37F2N3O5S/c1-6-25(27(34)30-17-19(2)3)31(18-20-9-12-22(37-4)13-10-20)26(33)8-7-15-32(38(5,35)36)21-11-14-23(28)24(29)16-21/h9-14,16,19,25H,6-8,15,17-18H2,1-5H3,(H,30,34)/t25-/m0/s1. The maximum atomic E-state index is 13.8. The molecule has 0 aliphatic rings. The molecule has 0 saturated carbocycles. The number of anilines is 1. The molecule has 0 heterocycles. The van der Waals surface area contributed by atoms with Gasteiger partial charge in [-0.05, 0) is 48.6 Å². The summed E-state index contributed by atoms with van der Waals surface area (Å²) < 4.78 is 58.0. The van der Waals surface area contributed by atoms with E-state index < -0.39 is 27.7 Å². The maximum Gasteiger partial charge on any atom is 0.242 e. The first kappa shape index (κ1) is 31.0. The Balaban J connectivity index is 2.23. The fraction of sp³-hybridized carbons (Fsp3) is 0.481. The number of hydrogen-bond donors (Lipinski definition) is 1. The molecule has 1 N–H and O–H groups in total. The molecule has 0 fully saturated rings. The minimum absolute atomic E-state index is 0.0339. The van der Waals surface area contributed by atoms with Gasteiger partial charge in [0.05, 0.1) is 19.1 Å². The van der Waals surface area contributed by atoms with E-state index in [0.29, 0.717) is 18.7 Å². The Morgan fingerprint density at radius 1 is 1.05 bits per heavy atom. The second-order valence-corrected chi connectivity index (χ2v) is 11.4. The summed E-state index contributed by atoms with van der Waals surface area (Å²) in [4.78, 5) is 27.9. The number of benzene rings is 2. The first-order valence-corrected chi connectivity index (χ1v) is 14.3. The van der Waals surface area contributed by atoms with E-state index in [1.54, 1.807) is 19.2 Å². The zero-order chi connectivity index (χ0) is 28.5. The van der Waals surface area contributed by atoms with Crippen molar-refractivity contribution in [2.75, 3.05) is 30.8 Å².